The largest absolute Gasteiger partial charge is 0.347 e. The van der Waals surface area contributed by atoms with Crippen LogP contribution in [-0.2, 0) is 31.1 Å². The molecular formula is C31H35N4O+. The first-order chi connectivity index (χ1) is 17.4. The first-order valence-electron chi connectivity index (χ1n) is 13.1. The molecule has 0 radical (unpaired) electrons. The van der Waals surface area contributed by atoms with E-state index in [0.29, 0.717) is 6.42 Å². The van der Waals surface area contributed by atoms with Crippen molar-refractivity contribution in [2.75, 3.05) is 40.3 Å². The van der Waals surface area contributed by atoms with Crippen molar-refractivity contribution in [3.8, 4) is 0 Å². The van der Waals surface area contributed by atoms with Crippen molar-refractivity contribution in [1.29, 1.82) is 0 Å². The van der Waals surface area contributed by atoms with E-state index >= 15 is 0 Å². The third-order valence-corrected chi connectivity index (χ3v) is 8.21. The van der Waals surface area contributed by atoms with Crippen molar-refractivity contribution in [2.24, 2.45) is 7.05 Å². The van der Waals surface area contributed by atoms with Crippen molar-refractivity contribution in [2.45, 2.75) is 25.7 Å². The van der Waals surface area contributed by atoms with Crippen molar-refractivity contribution >= 4 is 39.7 Å². The average molecular weight is 480 g/mol. The molecule has 1 aliphatic heterocycles. The number of quaternary nitrogens is 1. The molecule has 0 unspecified atom stereocenters. The molecule has 0 saturated carbocycles. The van der Waals surface area contributed by atoms with Gasteiger partial charge < -0.3 is 14.0 Å². The van der Waals surface area contributed by atoms with Gasteiger partial charge in [0.1, 0.15) is 0 Å². The van der Waals surface area contributed by atoms with E-state index in [9.17, 15) is 4.79 Å². The lowest BCUT2D eigenvalue weighted by Crippen LogP contribution is -2.56. The van der Waals surface area contributed by atoms with E-state index in [2.05, 4.69) is 74.3 Å². The first kappa shape index (κ1) is 23.0. The van der Waals surface area contributed by atoms with E-state index in [0.717, 1.165) is 47.5 Å². The molecular weight excluding hydrogens is 444 g/mol. The Bertz CT molecular complexity index is 1500. The van der Waals surface area contributed by atoms with Gasteiger partial charge in [-0.25, -0.2) is 0 Å². The number of carbonyl (C=O) groups excluding carboxylic acids is 1. The highest BCUT2D eigenvalue weighted by Crippen LogP contribution is 2.36. The topological polar surface area (TPSA) is 38.1 Å². The first-order valence-corrected chi connectivity index (χ1v) is 13.1. The van der Waals surface area contributed by atoms with Gasteiger partial charge in [-0.15, -0.1) is 0 Å². The second-order valence-corrected chi connectivity index (χ2v) is 11.1. The molecule has 2 aromatic heterocycles. The van der Waals surface area contributed by atoms with Crippen LogP contribution in [0.5, 0.6) is 0 Å². The maximum Gasteiger partial charge on any atom is 0.227 e. The lowest BCUT2D eigenvalue weighted by Gasteiger charge is -2.39. The minimum atomic E-state index is 0.227. The highest BCUT2D eigenvalue weighted by atomic mass is 16.2. The Balaban J connectivity index is 1.22. The van der Waals surface area contributed by atoms with Crippen LogP contribution in [0.2, 0.25) is 0 Å². The Morgan fingerprint density at radius 2 is 1.86 bits per heavy atom. The number of benzene rings is 2. The minimum Gasteiger partial charge on any atom is -0.347 e. The summed E-state index contributed by atoms with van der Waals surface area (Å²) in [4.78, 5) is 19.6. The maximum absolute atomic E-state index is 12.9. The summed E-state index contributed by atoms with van der Waals surface area (Å²) in [7, 11) is 6.67. The van der Waals surface area contributed by atoms with Gasteiger partial charge in [-0.05, 0) is 48.1 Å². The quantitative estimate of drug-likeness (QED) is 0.393. The van der Waals surface area contributed by atoms with Crippen LogP contribution in [0.1, 0.15) is 34.5 Å². The fourth-order valence-corrected chi connectivity index (χ4v) is 5.97. The molecule has 1 fully saturated rings. The zero-order valence-corrected chi connectivity index (χ0v) is 21.6. The fraction of sp³-hybridized carbons (Fsp3) is 0.355. The third kappa shape index (κ3) is 4.22. The van der Waals surface area contributed by atoms with Crippen LogP contribution >= 0.6 is 0 Å². The fourth-order valence-electron chi connectivity index (χ4n) is 5.97. The third-order valence-electron chi connectivity index (χ3n) is 8.21. The monoisotopic (exact) mass is 479 g/mol. The van der Waals surface area contributed by atoms with Crippen LogP contribution < -0.4 is 0 Å². The number of aromatic nitrogens is 2. The molecule has 1 saturated heterocycles. The van der Waals surface area contributed by atoms with Crippen molar-refractivity contribution < 1.29 is 9.28 Å². The number of hydrogen-bond acceptors (Lipinski definition) is 2. The van der Waals surface area contributed by atoms with Gasteiger partial charge in [-0.2, -0.15) is 0 Å². The van der Waals surface area contributed by atoms with Crippen LogP contribution in [0, 0.1) is 0 Å². The summed E-state index contributed by atoms with van der Waals surface area (Å²) < 4.78 is 3.39. The summed E-state index contributed by atoms with van der Waals surface area (Å²) in [5.74, 6) is 0.227. The molecule has 4 aromatic rings. The lowest BCUT2D eigenvalue weighted by molar-refractivity contribution is -0.894. The molecule has 1 aliphatic carbocycles. The van der Waals surface area contributed by atoms with Gasteiger partial charge in [0.25, 0.3) is 0 Å². The molecule has 184 valence electrons. The molecule has 2 aromatic carbocycles. The number of hydrogen-bond donors (Lipinski definition) is 0. The molecule has 0 atom stereocenters. The van der Waals surface area contributed by atoms with Crippen LogP contribution in [0.15, 0.2) is 48.7 Å². The standard InChI is InChI=1S/C31H35N4O/c1-33-29-9-5-8-26(29)27-13-11-24-21-32-25(20-28(24)31(27)33)12-10-22-6-4-7-23(18-22)19-30(36)34-14-16-35(2,3)17-15-34/h4,6-7,10-13,18,20-21H,5,8-9,14-17,19H2,1-3H3/q+1/b12-10+. The van der Waals surface area contributed by atoms with E-state index in [1.807, 2.05) is 17.2 Å². The Labute approximate surface area is 213 Å². The van der Waals surface area contributed by atoms with Gasteiger partial charge in [0, 0.05) is 35.1 Å². The number of carbonyl (C=O) groups is 1. The van der Waals surface area contributed by atoms with Gasteiger partial charge in [0.15, 0.2) is 0 Å². The zero-order valence-electron chi connectivity index (χ0n) is 21.6. The Morgan fingerprint density at radius 1 is 1.03 bits per heavy atom. The predicted octanol–water partition coefficient (Wildman–Crippen LogP) is 4.85. The van der Waals surface area contributed by atoms with Gasteiger partial charge in [0.2, 0.25) is 5.91 Å². The Hall–Kier alpha value is -3.44. The van der Waals surface area contributed by atoms with E-state index in [1.165, 1.54) is 52.2 Å². The summed E-state index contributed by atoms with van der Waals surface area (Å²) in [5, 5.41) is 3.84. The number of nitrogens with zero attached hydrogens (tertiary/aromatic N) is 4. The Morgan fingerprint density at radius 3 is 2.69 bits per heavy atom. The number of piperazine rings is 1. The summed E-state index contributed by atoms with van der Waals surface area (Å²) in [6, 6.07) is 15.0. The number of pyridine rings is 1. The lowest BCUT2D eigenvalue weighted by atomic mass is 10.0. The summed E-state index contributed by atoms with van der Waals surface area (Å²) in [6.45, 7) is 3.73. The van der Waals surface area contributed by atoms with Crippen LogP contribution in [0.3, 0.4) is 0 Å². The highest BCUT2D eigenvalue weighted by molar-refractivity contribution is 6.08. The van der Waals surface area contributed by atoms with E-state index in [4.69, 9.17) is 4.98 Å². The van der Waals surface area contributed by atoms with Gasteiger partial charge in [-0.3, -0.25) is 9.78 Å². The van der Waals surface area contributed by atoms with E-state index in [1.54, 1.807) is 0 Å². The summed E-state index contributed by atoms with van der Waals surface area (Å²) in [5.41, 5.74) is 7.45. The van der Waals surface area contributed by atoms with E-state index < -0.39 is 0 Å². The zero-order chi connectivity index (χ0) is 24.9. The highest BCUT2D eigenvalue weighted by Gasteiger charge is 2.27. The van der Waals surface area contributed by atoms with Gasteiger partial charge in [0.05, 0.1) is 57.9 Å². The molecule has 3 heterocycles. The molecule has 0 bridgehead atoms. The molecule has 1 amide bonds. The van der Waals surface area contributed by atoms with Crippen molar-refractivity contribution in [3.63, 3.8) is 0 Å². The smallest absolute Gasteiger partial charge is 0.227 e. The van der Waals surface area contributed by atoms with Crippen molar-refractivity contribution in [1.82, 2.24) is 14.5 Å². The van der Waals surface area contributed by atoms with Gasteiger partial charge >= 0.3 is 0 Å². The molecule has 0 N–H and O–H groups in total. The minimum absolute atomic E-state index is 0.227. The average Bonchev–Trinajstić information content (AvgIpc) is 3.45. The van der Waals surface area contributed by atoms with Crippen LogP contribution in [-0.4, -0.2) is 65.1 Å². The Kier molecular flexibility index (Phi) is 5.68. The van der Waals surface area contributed by atoms with E-state index in [-0.39, 0.29) is 5.91 Å². The molecule has 36 heavy (non-hydrogen) atoms. The number of aryl methyl sites for hydroxylation is 2. The van der Waals surface area contributed by atoms with Crippen LogP contribution in [0.25, 0.3) is 33.8 Å². The second-order valence-electron chi connectivity index (χ2n) is 11.1. The number of likely N-dealkylation sites (N-methyl/N-ethyl adjacent to an activating group) is 1. The summed E-state index contributed by atoms with van der Waals surface area (Å²) >= 11 is 0. The van der Waals surface area contributed by atoms with Crippen LogP contribution in [0.4, 0.5) is 0 Å². The SMILES string of the molecule is Cn1c2c(c3ccc4cnc(/C=C/c5cccc(CC(=O)N6CC[N+](C)(C)CC6)c5)cc4c31)CCC2. The second kappa shape index (κ2) is 8.90. The number of amides is 1. The predicted molar refractivity (Wildman–Crippen MR) is 148 cm³/mol. The summed E-state index contributed by atoms with van der Waals surface area (Å²) in [6.07, 6.45) is 10.3. The number of rotatable bonds is 4. The van der Waals surface area contributed by atoms with Crippen molar-refractivity contribution in [3.05, 3.63) is 76.7 Å². The maximum atomic E-state index is 12.9. The molecule has 5 heteroatoms. The van der Waals surface area contributed by atoms with Gasteiger partial charge in [-0.1, -0.05) is 42.5 Å². The molecule has 2 aliphatic rings. The molecule has 5 nitrogen and oxygen atoms in total. The molecule has 6 rings (SSSR count). The number of fused-ring (bicyclic) bond motifs is 5. The normalized spacial score (nSPS) is 17.4. The molecule has 0 spiro atoms.